The van der Waals surface area contributed by atoms with Crippen LogP contribution in [0.1, 0.15) is 33.6 Å². The average Bonchev–Trinajstić information content (AvgIpc) is 2.08. The van der Waals surface area contributed by atoms with Gasteiger partial charge < -0.3 is 20.9 Å². The number of carbonyl (C=O) groups is 2. The lowest BCUT2D eigenvalue weighted by Crippen LogP contribution is -2.34. The number of carbonyl (C=O) groups excluding carboxylic acids is 1. The molecule has 7 heteroatoms. The standard InChI is InChI=1S/C10H20N2O4.ClH/c1-10(2,3)16-9(15)12-6-4-5-7(11)8(13)14;/h7H,4-6,11H2,1-3H3,(H,12,15)(H,13,14);1H. The number of ether oxygens (including phenoxy) is 1. The molecule has 0 saturated heterocycles. The van der Waals surface area contributed by atoms with Crippen LogP contribution in [0, 0.1) is 0 Å². The molecular weight excluding hydrogens is 248 g/mol. The van der Waals surface area contributed by atoms with Gasteiger partial charge in [0.1, 0.15) is 11.6 Å². The first-order valence-electron chi connectivity index (χ1n) is 5.17. The Hall–Kier alpha value is -1.01. The Bertz CT molecular complexity index is 253. The molecule has 0 radical (unpaired) electrons. The molecular formula is C10H21ClN2O4. The minimum Gasteiger partial charge on any atom is -0.480 e. The maximum absolute atomic E-state index is 11.2. The maximum atomic E-state index is 11.2. The third-order valence-corrected chi connectivity index (χ3v) is 1.68. The van der Waals surface area contributed by atoms with E-state index in [1.165, 1.54) is 0 Å². The van der Waals surface area contributed by atoms with Crippen molar-refractivity contribution in [3.8, 4) is 0 Å². The van der Waals surface area contributed by atoms with Crippen LogP contribution >= 0.6 is 12.4 Å². The molecule has 0 aliphatic carbocycles. The molecule has 0 aromatic carbocycles. The molecule has 0 bridgehead atoms. The number of alkyl carbamates (subject to hydrolysis) is 1. The number of amides is 1. The van der Waals surface area contributed by atoms with Crippen molar-refractivity contribution in [2.24, 2.45) is 5.73 Å². The Morgan fingerprint density at radius 3 is 2.35 bits per heavy atom. The summed E-state index contributed by atoms with van der Waals surface area (Å²) < 4.78 is 4.99. The molecule has 0 aliphatic rings. The molecule has 102 valence electrons. The summed E-state index contributed by atoms with van der Waals surface area (Å²) in [6.07, 6.45) is 0.328. The van der Waals surface area contributed by atoms with Crippen molar-refractivity contribution in [3.05, 3.63) is 0 Å². The number of nitrogens with one attached hydrogen (secondary N) is 1. The third-order valence-electron chi connectivity index (χ3n) is 1.68. The molecule has 4 N–H and O–H groups in total. The van der Waals surface area contributed by atoms with Gasteiger partial charge in [-0.1, -0.05) is 0 Å². The fraction of sp³-hybridized carbons (Fsp3) is 0.800. The fourth-order valence-electron chi connectivity index (χ4n) is 0.950. The van der Waals surface area contributed by atoms with Crippen molar-refractivity contribution in [1.82, 2.24) is 5.32 Å². The minimum atomic E-state index is -1.03. The van der Waals surface area contributed by atoms with E-state index in [2.05, 4.69) is 5.32 Å². The van der Waals surface area contributed by atoms with Gasteiger partial charge in [0.15, 0.2) is 0 Å². The van der Waals surface area contributed by atoms with Crippen molar-refractivity contribution < 1.29 is 19.4 Å². The smallest absolute Gasteiger partial charge is 0.407 e. The summed E-state index contributed by atoms with van der Waals surface area (Å²) in [5, 5.41) is 11.0. The van der Waals surface area contributed by atoms with Gasteiger partial charge in [-0.2, -0.15) is 0 Å². The van der Waals surface area contributed by atoms with Gasteiger partial charge in [0.25, 0.3) is 0 Å². The van der Waals surface area contributed by atoms with Gasteiger partial charge in [-0.25, -0.2) is 4.79 Å². The molecule has 1 atom stereocenters. The van der Waals surface area contributed by atoms with Crippen molar-refractivity contribution >= 4 is 24.5 Å². The summed E-state index contributed by atoms with van der Waals surface area (Å²) in [4.78, 5) is 21.5. The van der Waals surface area contributed by atoms with E-state index in [1.54, 1.807) is 20.8 Å². The van der Waals surface area contributed by atoms with E-state index in [4.69, 9.17) is 15.6 Å². The van der Waals surface area contributed by atoms with E-state index >= 15 is 0 Å². The number of rotatable bonds is 5. The molecule has 0 fully saturated rings. The highest BCUT2D eigenvalue weighted by Crippen LogP contribution is 2.06. The van der Waals surface area contributed by atoms with Crippen LogP contribution in [0.15, 0.2) is 0 Å². The highest BCUT2D eigenvalue weighted by molar-refractivity contribution is 5.85. The number of hydrogen-bond acceptors (Lipinski definition) is 4. The Balaban J connectivity index is 0. The first kappa shape index (κ1) is 18.4. The second-order valence-electron chi connectivity index (χ2n) is 4.52. The van der Waals surface area contributed by atoms with E-state index in [9.17, 15) is 9.59 Å². The molecule has 0 rings (SSSR count). The molecule has 1 amide bonds. The second kappa shape index (κ2) is 8.14. The summed E-state index contributed by atoms with van der Waals surface area (Å²) in [5.41, 5.74) is 4.77. The predicted molar refractivity (Wildman–Crippen MR) is 66.3 cm³/mol. The van der Waals surface area contributed by atoms with E-state index in [1.807, 2.05) is 0 Å². The zero-order valence-electron chi connectivity index (χ0n) is 10.4. The van der Waals surface area contributed by atoms with Gasteiger partial charge in [0, 0.05) is 6.54 Å². The third kappa shape index (κ3) is 11.3. The number of halogens is 1. The van der Waals surface area contributed by atoms with Gasteiger partial charge in [0.2, 0.25) is 0 Å². The van der Waals surface area contributed by atoms with Gasteiger partial charge in [-0.05, 0) is 33.6 Å². The van der Waals surface area contributed by atoms with Crippen LogP contribution in [0.3, 0.4) is 0 Å². The van der Waals surface area contributed by atoms with Crippen LogP contribution in [-0.4, -0.2) is 35.4 Å². The number of carboxylic acid groups (broad SMARTS) is 1. The summed E-state index contributed by atoms with van der Waals surface area (Å²) in [6.45, 7) is 5.67. The van der Waals surface area contributed by atoms with Crippen LogP contribution in [0.5, 0.6) is 0 Å². The fourth-order valence-corrected chi connectivity index (χ4v) is 0.950. The van der Waals surface area contributed by atoms with E-state index in [0.29, 0.717) is 19.4 Å². The van der Waals surface area contributed by atoms with Crippen LogP contribution in [0.2, 0.25) is 0 Å². The Labute approximate surface area is 107 Å². The molecule has 0 aliphatic heterocycles. The SMILES string of the molecule is CC(C)(C)OC(=O)NCCCC(N)C(=O)O.Cl. The minimum absolute atomic E-state index is 0. The Morgan fingerprint density at radius 1 is 1.41 bits per heavy atom. The number of aliphatic carboxylic acids is 1. The van der Waals surface area contributed by atoms with E-state index < -0.39 is 23.7 Å². The number of hydrogen-bond donors (Lipinski definition) is 3. The van der Waals surface area contributed by atoms with Gasteiger partial charge in [-0.15, -0.1) is 12.4 Å². The first-order valence-corrected chi connectivity index (χ1v) is 5.17. The van der Waals surface area contributed by atoms with Gasteiger partial charge in [0.05, 0.1) is 0 Å². The Kier molecular flexibility index (Phi) is 8.79. The predicted octanol–water partition coefficient (Wildman–Crippen LogP) is 1.12. The lowest BCUT2D eigenvalue weighted by Gasteiger charge is -2.19. The lowest BCUT2D eigenvalue weighted by molar-refractivity contribution is -0.138. The van der Waals surface area contributed by atoms with Crippen molar-refractivity contribution in [3.63, 3.8) is 0 Å². The average molecular weight is 269 g/mol. The molecule has 0 spiro atoms. The van der Waals surface area contributed by atoms with E-state index in [-0.39, 0.29) is 12.4 Å². The number of carboxylic acids is 1. The molecule has 0 aromatic heterocycles. The monoisotopic (exact) mass is 268 g/mol. The van der Waals surface area contributed by atoms with Crippen molar-refractivity contribution in [2.75, 3.05) is 6.54 Å². The largest absolute Gasteiger partial charge is 0.480 e. The highest BCUT2D eigenvalue weighted by Gasteiger charge is 2.16. The zero-order chi connectivity index (χ0) is 12.8. The van der Waals surface area contributed by atoms with Crippen LogP contribution in [0.4, 0.5) is 4.79 Å². The van der Waals surface area contributed by atoms with Crippen LogP contribution < -0.4 is 11.1 Å². The maximum Gasteiger partial charge on any atom is 0.407 e. The molecule has 0 heterocycles. The summed E-state index contributed by atoms with van der Waals surface area (Å²) in [7, 11) is 0. The first-order chi connectivity index (χ1) is 7.22. The molecule has 0 saturated carbocycles. The second-order valence-corrected chi connectivity index (χ2v) is 4.52. The molecule has 0 aromatic rings. The lowest BCUT2D eigenvalue weighted by atomic mass is 10.2. The number of nitrogens with two attached hydrogens (primary N) is 1. The molecule has 17 heavy (non-hydrogen) atoms. The van der Waals surface area contributed by atoms with Gasteiger partial charge >= 0.3 is 12.1 Å². The Morgan fingerprint density at radius 2 is 1.94 bits per heavy atom. The summed E-state index contributed by atoms with van der Waals surface area (Å²) in [6, 6.07) is -0.875. The van der Waals surface area contributed by atoms with Crippen molar-refractivity contribution in [1.29, 1.82) is 0 Å². The summed E-state index contributed by atoms with van der Waals surface area (Å²) in [5.74, 6) is -1.03. The normalized spacial score (nSPS) is 12.2. The van der Waals surface area contributed by atoms with Crippen molar-refractivity contribution in [2.45, 2.75) is 45.3 Å². The zero-order valence-corrected chi connectivity index (χ0v) is 11.2. The molecule has 6 nitrogen and oxygen atoms in total. The topological polar surface area (TPSA) is 102 Å². The van der Waals surface area contributed by atoms with Gasteiger partial charge in [-0.3, -0.25) is 4.79 Å². The van der Waals surface area contributed by atoms with Crippen LogP contribution in [0.25, 0.3) is 0 Å². The highest BCUT2D eigenvalue weighted by atomic mass is 35.5. The van der Waals surface area contributed by atoms with Crippen LogP contribution in [-0.2, 0) is 9.53 Å². The quantitative estimate of drug-likeness (QED) is 0.649. The van der Waals surface area contributed by atoms with E-state index in [0.717, 1.165) is 0 Å². The molecule has 1 unspecified atom stereocenters. The summed E-state index contributed by atoms with van der Waals surface area (Å²) >= 11 is 0.